The number of rotatable bonds is 6. The third-order valence-corrected chi connectivity index (χ3v) is 5.54. The molecule has 0 unspecified atom stereocenters. The normalized spacial score (nSPS) is 12.1. The molecule has 0 aliphatic carbocycles. The quantitative estimate of drug-likeness (QED) is 0.292. The molecular formula is C25H16F3NO2S. The fraction of sp³-hybridized carbons (Fsp3) is 0.0400. The Kier molecular flexibility index (Phi) is 6.18. The number of thiazole rings is 1. The van der Waals surface area contributed by atoms with Crippen molar-refractivity contribution in [2.75, 3.05) is 0 Å². The minimum Gasteiger partial charge on any atom is -0.406 e. The Bertz CT molecular complexity index is 1270. The third-order valence-electron chi connectivity index (χ3n) is 4.47. The second-order valence-electron chi connectivity index (χ2n) is 6.76. The van der Waals surface area contributed by atoms with Crippen LogP contribution in [0.4, 0.5) is 13.2 Å². The van der Waals surface area contributed by atoms with E-state index in [9.17, 15) is 18.0 Å². The molecule has 0 radical (unpaired) electrons. The first-order chi connectivity index (χ1) is 15.4. The average Bonchev–Trinajstić information content (AvgIpc) is 3.20. The fourth-order valence-electron chi connectivity index (χ4n) is 3.01. The van der Waals surface area contributed by atoms with Gasteiger partial charge < -0.3 is 4.74 Å². The van der Waals surface area contributed by atoms with Crippen molar-refractivity contribution in [2.24, 2.45) is 0 Å². The van der Waals surface area contributed by atoms with Crippen LogP contribution in [0.25, 0.3) is 32.9 Å². The molecule has 3 nitrogen and oxygen atoms in total. The van der Waals surface area contributed by atoms with E-state index in [0.29, 0.717) is 5.56 Å². The van der Waals surface area contributed by atoms with Crippen molar-refractivity contribution in [1.82, 2.24) is 4.98 Å². The van der Waals surface area contributed by atoms with Crippen LogP contribution in [0.2, 0.25) is 0 Å². The van der Waals surface area contributed by atoms with E-state index in [1.807, 2.05) is 48.5 Å². The van der Waals surface area contributed by atoms with Gasteiger partial charge in [-0.15, -0.1) is 24.5 Å². The summed E-state index contributed by atoms with van der Waals surface area (Å²) >= 11 is 1.59. The number of allylic oxidation sites excluding steroid dienone is 2. The van der Waals surface area contributed by atoms with Crippen molar-refractivity contribution >= 4 is 39.5 Å². The second-order valence-corrected chi connectivity index (χ2v) is 7.79. The summed E-state index contributed by atoms with van der Waals surface area (Å²) in [6, 6.07) is 20.9. The smallest absolute Gasteiger partial charge is 0.406 e. The van der Waals surface area contributed by atoms with Crippen molar-refractivity contribution in [3.05, 3.63) is 96.1 Å². The van der Waals surface area contributed by atoms with Crippen LogP contribution in [0.15, 0.2) is 84.9 Å². The number of carbonyl (C=O) groups is 1. The van der Waals surface area contributed by atoms with Crippen molar-refractivity contribution in [3.8, 4) is 16.3 Å². The number of ether oxygens (including phenoxy) is 1. The van der Waals surface area contributed by atoms with E-state index in [1.54, 1.807) is 17.4 Å². The third kappa shape index (κ3) is 5.50. The Balaban J connectivity index is 1.47. The van der Waals surface area contributed by atoms with E-state index in [2.05, 4.69) is 9.72 Å². The number of hydrogen-bond donors (Lipinski definition) is 0. The first-order valence-corrected chi connectivity index (χ1v) is 10.4. The van der Waals surface area contributed by atoms with E-state index in [0.717, 1.165) is 26.4 Å². The van der Waals surface area contributed by atoms with Gasteiger partial charge >= 0.3 is 6.36 Å². The highest BCUT2D eigenvalue weighted by atomic mass is 32.1. The topological polar surface area (TPSA) is 39.2 Å². The molecule has 0 saturated carbocycles. The molecule has 0 aliphatic heterocycles. The molecule has 0 spiro atoms. The highest BCUT2D eigenvalue weighted by Gasteiger charge is 2.30. The van der Waals surface area contributed by atoms with Crippen molar-refractivity contribution < 1.29 is 22.7 Å². The number of aromatic nitrogens is 1. The maximum absolute atomic E-state index is 12.3. The number of ketones is 1. The molecule has 0 amide bonds. The van der Waals surface area contributed by atoms with E-state index in [1.165, 1.54) is 42.5 Å². The predicted molar refractivity (Wildman–Crippen MR) is 121 cm³/mol. The first kappa shape index (κ1) is 21.5. The van der Waals surface area contributed by atoms with Gasteiger partial charge in [0.1, 0.15) is 10.8 Å². The van der Waals surface area contributed by atoms with Gasteiger partial charge in [-0.2, -0.15) is 0 Å². The van der Waals surface area contributed by atoms with Crippen LogP contribution in [-0.4, -0.2) is 17.1 Å². The highest BCUT2D eigenvalue weighted by Crippen LogP contribution is 2.32. The molecule has 4 aromatic rings. The summed E-state index contributed by atoms with van der Waals surface area (Å²) in [6.07, 6.45) is 1.33. The summed E-state index contributed by atoms with van der Waals surface area (Å²) in [6.45, 7) is 0. The molecule has 32 heavy (non-hydrogen) atoms. The minimum atomic E-state index is -4.74. The molecule has 7 heteroatoms. The molecule has 0 N–H and O–H groups in total. The molecule has 160 valence electrons. The number of nitrogens with zero attached hydrogens (tertiary/aromatic N) is 1. The SMILES string of the molecule is O=C(C=Cc1ccc(OC(F)(F)F)cc1)C=Cc1ccccc1-c1nc2ccccc2s1. The monoisotopic (exact) mass is 451 g/mol. The number of hydrogen-bond acceptors (Lipinski definition) is 4. The van der Waals surface area contributed by atoms with Crippen LogP contribution in [0.1, 0.15) is 11.1 Å². The molecule has 3 aromatic carbocycles. The highest BCUT2D eigenvalue weighted by molar-refractivity contribution is 7.21. The standard InChI is InChI=1S/C25H16F3NO2S/c26-25(27,28)31-20-15-10-17(11-16-20)9-13-19(30)14-12-18-5-1-2-6-21(18)24-29-22-7-3-4-8-23(22)32-24/h1-16H. The van der Waals surface area contributed by atoms with Gasteiger partial charge in [0.25, 0.3) is 0 Å². The fourth-order valence-corrected chi connectivity index (χ4v) is 4.02. The van der Waals surface area contributed by atoms with Gasteiger partial charge in [0, 0.05) is 5.56 Å². The maximum Gasteiger partial charge on any atom is 0.573 e. The zero-order valence-electron chi connectivity index (χ0n) is 16.5. The number of fused-ring (bicyclic) bond motifs is 1. The van der Waals surface area contributed by atoms with Crippen LogP contribution in [0, 0.1) is 0 Å². The number of benzene rings is 3. The van der Waals surface area contributed by atoms with E-state index in [-0.39, 0.29) is 11.5 Å². The van der Waals surface area contributed by atoms with Gasteiger partial charge in [-0.25, -0.2) is 4.98 Å². The molecule has 4 rings (SSSR count). The van der Waals surface area contributed by atoms with E-state index >= 15 is 0 Å². The van der Waals surface area contributed by atoms with Crippen molar-refractivity contribution in [3.63, 3.8) is 0 Å². The van der Waals surface area contributed by atoms with Crippen LogP contribution in [-0.2, 0) is 4.79 Å². The van der Waals surface area contributed by atoms with Gasteiger partial charge in [0.15, 0.2) is 5.78 Å². The maximum atomic E-state index is 12.3. The zero-order valence-corrected chi connectivity index (χ0v) is 17.4. The summed E-state index contributed by atoms with van der Waals surface area (Å²) < 4.78 is 41.6. The van der Waals surface area contributed by atoms with Gasteiger partial charge in [0.05, 0.1) is 10.2 Å². The molecule has 0 atom stereocenters. The summed E-state index contributed by atoms with van der Waals surface area (Å²) in [7, 11) is 0. The number of halogens is 3. The summed E-state index contributed by atoms with van der Waals surface area (Å²) in [5.41, 5.74) is 3.30. The predicted octanol–water partition coefficient (Wildman–Crippen LogP) is 7.16. The Morgan fingerprint density at radius 1 is 0.875 bits per heavy atom. The molecule has 0 fully saturated rings. The lowest BCUT2D eigenvalue weighted by molar-refractivity contribution is -0.274. The van der Waals surface area contributed by atoms with E-state index < -0.39 is 6.36 Å². The number of carbonyl (C=O) groups excluding carboxylic acids is 1. The molecular weight excluding hydrogens is 435 g/mol. The summed E-state index contributed by atoms with van der Waals surface area (Å²) in [5, 5.41) is 0.871. The second kappa shape index (κ2) is 9.20. The van der Waals surface area contributed by atoms with Crippen LogP contribution in [0.3, 0.4) is 0 Å². The van der Waals surface area contributed by atoms with Crippen LogP contribution in [0.5, 0.6) is 5.75 Å². The van der Waals surface area contributed by atoms with Gasteiger partial charge in [-0.05, 0) is 47.5 Å². The first-order valence-electron chi connectivity index (χ1n) is 9.58. The Morgan fingerprint density at radius 3 is 2.31 bits per heavy atom. The lowest BCUT2D eigenvalue weighted by atomic mass is 10.1. The summed E-state index contributed by atoms with van der Waals surface area (Å²) in [5.74, 6) is -0.563. The van der Waals surface area contributed by atoms with Crippen molar-refractivity contribution in [2.45, 2.75) is 6.36 Å². The van der Waals surface area contributed by atoms with E-state index in [4.69, 9.17) is 0 Å². The van der Waals surface area contributed by atoms with Crippen molar-refractivity contribution in [1.29, 1.82) is 0 Å². The molecule has 0 aliphatic rings. The van der Waals surface area contributed by atoms with Gasteiger partial charge in [-0.1, -0.05) is 60.7 Å². The van der Waals surface area contributed by atoms with Crippen LogP contribution >= 0.6 is 11.3 Å². The number of alkyl halides is 3. The van der Waals surface area contributed by atoms with Crippen LogP contribution < -0.4 is 4.74 Å². The lowest BCUT2D eigenvalue weighted by Gasteiger charge is -2.08. The molecule has 1 aromatic heterocycles. The summed E-state index contributed by atoms with van der Waals surface area (Å²) in [4.78, 5) is 17.0. The number of para-hydroxylation sites is 1. The Labute approximate surface area is 186 Å². The Hall–Kier alpha value is -3.71. The van der Waals surface area contributed by atoms with Gasteiger partial charge in [0.2, 0.25) is 0 Å². The van der Waals surface area contributed by atoms with Gasteiger partial charge in [-0.3, -0.25) is 4.79 Å². The average molecular weight is 451 g/mol. The minimum absolute atomic E-state index is 0.250. The Morgan fingerprint density at radius 2 is 1.56 bits per heavy atom. The molecule has 0 bridgehead atoms. The lowest BCUT2D eigenvalue weighted by Crippen LogP contribution is -2.16. The molecule has 1 heterocycles. The molecule has 0 saturated heterocycles. The zero-order chi connectivity index (χ0) is 22.6. The largest absolute Gasteiger partial charge is 0.573 e.